The van der Waals surface area contributed by atoms with Crippen molar-refractivity contribution < 1.29 is 4.79 Å². The Morgan fingerprint density at radius 1 is 1.45 bits per heavy atom. The number of carbonyl (C=O) groups is 1. The van der Waals surface area contributed by atoms with Crippen molar-refractivity contribution in [2.24, 2.45) is 5.92 Å². The zero-order chi connectivity index (χ0) is 14.4. The van der Waals surface area contributed by atoms with Crippen LogP contribution in [0, 0.1) is 5.92 Å². The van der Waals surface area contributed by atoms with E-state index in [0.29, 0.717) is 18.9 Å². The Balaban J connectivity index is 1.88. The molecule has 0 saturated heterocycles. The van der Waals surface area contributed by atoms with Crippen molar-refractivity contribution in [1.29, 1.82) is 0 Å². The maximum atomic E-state index is 12.1. The largest absolute Gasteiger partial charge is 0.348 e. The molecule has 0 saturated carbocycles. The highest BCUT2D eigenvalue weighted by molar-refractivity contribution is 7.10. The first-order valence-corrected chi connectivity index (χ1v) is 7.83. The maximum absolute atomic E-state index is 12.1. The number of aromatic nitrogens is 2. The number of nitrogens with one attached hydrogen (secondary N) is 1. The van der Waals surface area contributed by atoms with Crippen LogP contribution in [0.1, 0.15) is 37.6 Å². The van der Waals surface area contributed by atoms with Gasteiger partial charge >= 0.3 is 0 Å². The van der Waals surface area contributed by atoms with Gasteiger partial charge in [0, 0.05) is 30.2 Å². The predicted octanol–water partition coefficient (Wildman–Crippen LogP) is 3.24. The van der Waals surface area contributed by atoms with Gasteiger partial charge in [-0.15, -0.1) is 11.3 Å². The molecule has 0 fully saturated rings. The van der Waals surface area contributed by atoms with Gasteiger partial charge in [-0.1, -0.05) is 19.9 Å². The van der Waals surface area contributed by atoms with E-state index in [2.05, 4.69) is 35.7 Å². The summed E-state index contributed by atoms with van der Waals surface area (Å²) in [5.74, 6) is 0.632. The molecule has 5 heteroatoms. The Morgan fingerprint density at radius 2 is 2.30 bits per heavy atom. The number of hydrogen-bond donors (Lipinski definition) is 1. The van der Waals surface area contributed by atoms with Gasteiger partial charge in [0.25, 0.3) is 0 Å². The number of rotatable bonds is 7. The van der Waals surface area contributed by atoms with Crippen LogP contribution < -0.4 is 5.32 Å². The minimum atomic E-state index is 0.0829. The third-order valence-corrected chi connectivity index (χ3v) is 4.04. The van der Waals surface area contributed by atoms with E-state index in [4.69, 9.17) is 0 Å². The molecule has 0 spiro atoms. The van der Waals surface area contributed by atoms with Crippen molar-refractivity contribution in [3.05, 3.63) is 40.8 Å². The topological polar surface area (TPSA) is 46.9 Å². The predicted molar refractivity (Wildman–Crippen MR) is 81.5 cm³/mol. The van der Waals surface area contributed by atoms with Crippen molar-refractivity contribution in [1.82, 2.24) is 15.1 Å². The minimum absolute atomic E-state index is 0.0829. The first-order valence-electron chi connectivity index (χ1n) is 6.95. The molecule has 0 aliphatic carbocycles. The van der Waals surface area contributed by atoms with Gasteiger partial charge in [-0.05, 0) is 29.9 Å². The molecule has 1 N–H and O–H groups in total. The lowest BCUT2D eigenvalue weighted by atomic mass is 10.0. The highest BCUT2D eigenvalue weighted by atomic mass is 32.1. The molecule has 20 heavy (non-hydrogen) atoms. The van der Waals surface area contributed by atoms with Crippen LogP contribution in [-0.4, -0.2) is 15.7 Å². The van der Waals surface area contributed by atoms with Gasteiger partial charge in [-0.25, -0.2) is 0 Å². The van der Waals surface area contributed by atoms with Crippen molar-refractivity contribution in [2.75, 3.05) is 0 Å². The molecule has 1 amide bonds. The molecule has 0 bridgehead atoms. The molecule has 0 radical (unpaired) electrons. The summed E-state index contributed by atoms with van der Waals surface area (Å²) in [5, 5.41) is 9.30. The minimum Gasteiger partial charge on any atom is -0.348 e. The fourth-order valence-electron chi connectivity index (χ4n) is 2.12. The van der Waals surface area contributed by atoms with Crippen LogP contribution in [0.5, 0.6) is 0 Å². The quantitative estimate of drug-likeness (QED) is 0.851. The molecule has 2 heterocycles. The van der Waals surface area contributed by atoms with Crippen molar-refractivity contribution in [3.8, 4) is 0 Å². The molecule has 2 rings (SSSR count). The molecule has 0 aliphatic rings. The fourth-order valence-corrected chi connectivity index (χ4v) is 2.91. The maximum Gasteiger partial charge on any atom is 0.222 e. The van der Waals surface area contributed by atoms with Gasteiger partial charge in [0.15, 0.2) is 0 Å². The van der Waals surface area contributed by atoms with E-state index >= 15 is 0 Å². The number of nitrogens with zero attached hydrogens (tertiary/aromatic N) is 2. The molecule has 4 nitrogen and oxygen atoms in total. The van der Waals surface area contributed by atoms with E-state index in [-0.39, 0.29) is 11.9 Å². The number of carbonyl (C=O) groups excluding carboxylic acids is 1. The average Bonchev–Trinajstić information content (AvgIpc) is 3.08. The van der Waals surface area contributed by atoms with Crippen LogP contribution in [0.2, 0.25) is 0 Å². The highest BCUT2D eigenvalue weighted by Gasteiger charge is 2.16. The lowest BCUT2D eigenvalue weighted by Crippen LogP contribution is -2.29. The Kier molecular flexibility index (Phi) is 5.35. The second-order valence-corrected chi connectivity index (χ2v) is 6.26. The zero-order valence-corrected chi connectivity index (χ0v) is 12.8. The Bertz CT molecular complexity index is 505. The first-order chi connectivity index (χ1) is 9.65. The lowest BCUT2D eigenvalue weighted by Gasteiger charge is -2.19. The van der Waals surface area contributed by atoms with Gasteiger partial charge < -0.3 is 5.32 Å². The summed E-state index contributed by atoms with van der Waals surface area (Å²) in [6, 6.07) is 6.11. The summed E-state index contributed by atoms with van der Waals surface area (Å²) < 4.78 is 1.78. The summed E-state index contributed by atoms with van der Waals surface area (Å²) in [4.78, 5) is 13.3. The van der Waals surface area contributed by atoms with Crippen molar-refractivity contribution in [2.45, 2.75) is 39.3 Å². The molecule has 2 aromatic rings. The normalized spacial score (nSPS) is 12.6. The summed E-state index contributed by atoms with van der Waals surface area (Å²) in [6.45, 7) is 4.98. The second kappa shape index (κ2) is 7.24. The van der Waals surface area contributed by atoms with E-state index < -0.39 is 0 Å². The summed E-state index contributed by atoms with van der Waals surface area (Å²) >= 11 is 1.70. The summed E-state index contributed by atoms with van der Waals surface area (Å²) in [5.41, 5.74) is 0. The van der Waals surface area contributed by atoms with E-state index in [0.717, 1.165) is 6.42 Å². The van der Waals surface area contributed by atoms with Gasteiger partial charge in [-0.3, -0.25) is 9.48 Å². The van der Waals surface area contributed by atoms with Gasteiger partial charge in [0.05, 0.1) is 6.04 Å². The van der Waals surface area contributed by atoms with Gasteiger partial charge in [0.2, 0.25) is 5.91 Å². The molecule has 0 aliphatic heterocycles. The molecule has 1 atom stereocenters. The summed E-state index contributed by atoms with van der Waals surface area (Å²) in [7, 11) is 0. The SMILES string of the molecule is CC(C)CC(NC(=O)CCn1cccn1)c1cccs1. The first kappa shape index (κ1) is 14.8. The molecule has 2 aromatic heterocycles. The van der Waals surface area contributed by atoms with Crippen LogP contribution in [0.3, 0.4) is 0 Å². The average molecular weight is 291 g/mol. The highest BCUT2D eigenvalue weighted by Crippen LogP contribution is 2.25. The van der Waals surface area contributed by atoms with E-state index in [1.165, 1.54) is 4.88 Å². The van der Waals surface area contributed by atoms with E-state index in [1.54, 1.807) is 22.2 Å². The molecule has 1 unspecified atom stereocenters. The van der Waals surface area contributed by atoms with Crippen LogP contribution in [0.4, 0.5) is 0 Å². The second-order valence-electron chi connectivity index (χ2n) is 5.28. The van der Waals surface area contributed by atoms with Crippen molar-refractivity contribution >= 4 is 17.2 Å². The van der Waals surface area contributed by atoms with E-state index in [9.17, 15) is 4.79 Å². The molecule has 0 aromatic carbocycles. The molecular weight excluding hydrogens is 270 g/mol. The number of thiophene rings is 1. The number of aryl methyl sites for hydroxylation is 1. The van der Waals surface area contributed by atoms with Gasteiger partial charge in [0.1, 0.15) is 0 Å². The zero-order valence-electron chi connectivity index (χ0n) is 12.0. The van der Waals surface area contributed by atoms with Gasteiger partial charge in [-0.2, -0.15) is 5.10 Å². The Morgan fingerprint density at radius 3 is 2.90 bits per heavy atom. The van der Waals surface area contributed by atoms with Crippen LogP contribution in [0.25, 0.3) is 0 Å². The molecule has 108 valence electrons. The smallest absolute Gasteiger partial charge is 0.222 e. The number of hydrogen-bond acceptors (Lipinski definition) is 3. The monoisotopic (exact) mass is 291 g/mol. The lowest BCUT2D eigenvalue weighted by molar-refractivity contribution is -0.122. The van der Waals surface area contributed by atoms with Crippen molar-refractivity contribution in [3.63, 3.8) is 0 Å². The third-order valence-electron chi connectivity index (χ3n) is 3.06. The van der Waals surface area contributed by atoms with Crippen LogP contribution >= 0.6 is 11.3 Å². The fraction of sp³-hybridized carbons (Fsp3) is 0.467. The van der Waals surface area contributed by atoms with E-state index in [1.807, 2.05) is 18.3 Å². The van der Waals surface area contributed by atoms with Crippen LogP contribution in [0.15, 0.2) is 36.0 Å². The Labute approximate surface area is 123 Å². The Hall–Kier alpha value is -1.62. The standard InChI is InChI=1S/C15H21N3OS/c1-12(2)11-13(14-5-3-10-20-14)17-15(19)6-9-18-8-4-7-16-18/h3-5,7-8,10,12-13H,6,9,11H2,1-2H3,(H,17,19). The number of amides is 1. The van der Waals surface area contributed by atoms with Crippen LogP contribution in [-0.2, 0) is 11.3 Å². The molecular formula is C15H21N3OS. The third kappa shape index (κ3) is 4.49. The summed E-state index contributed by atoms with van der Waals surface area (Å²) in [6.07, 6.45) is 5.03.